The summed E-state index contributed by atoms with van der Waals surface area (Å²) < 4.78 is 0. The Balaban J connectivity index is 2.65. The molecule has 0 aliphatic rings. The maximum Gasteiger partial charge on any atom is 0.270 e. The number of nitrogens with one attached hydrogen (secondary N) is 1. The molecule has 1 heterocycles. The van der Waals surface area contributed by atoms with E-state index in [1.165, 1.54) is 6.20 Å². The van der Waals surface area contributed by atoms with Crippen molar-refractivity contribution in [1.82, 2.24) is 10.3 Å². The van der Waals surface area contributed by atoms with Gasteiger partial charge < -0.3 is 11.1 Å². The molecular formula is C15H23N3OS. The lowest BCUT2D eigenvalue weighted by atomic mass is 10.0. The molecule has 0 aromatic carbocycles. The standard InChI is InChI=1S/C15H23N3OS/c1-3-5-7-12(6-4-2)18-15(19)13-9-8-11(10-17-13)14(16)20/h8-10,12H,3-7H2,1-2H3,(H2,16,20)(H,18,19). The van der Waals surface area contributed by atoms with Gasteiger partial charge in [0, 0.05) is 17.8 Å². The number of unbranched alkanes of at least 4 members (excludes halogenated alkanes) is 1. The molecule has 0 saturated carbocycles. The van der Waals surface area contributed by atoms with Crippen molar-refractivity contribution < 1.29 is 4.79 Å². The van der Waals surface area contributed by atoms with Crippen molar-refractivity contribution in [2.75, 3.05) is 0 Å². The van der Waals surface area contributed by atoms with Gasteiger partial charge in [-0.05, 0) is 25.0 Å². The van der Waals surface area contributed by atoms with E-state index in [0.29, 0.717) is 11.3 Å². The zero-order valence-electron chi connectivity index (χ0n) is 12.2. The second-order valence-electron chi connectivity index (χ2n) is 4.90. The zero-order valence-corrected chi connectivity index (χ0v) is 13.0. The molecule has 1 aromatic rings. The highest BCUT2D eigenvalue weighted by molar-refractivity contribution is 7.80. The van der Waals surface area contributed by atoms with Crippen LogP contribution in [0.2, 0.25) is 0 Å². The lowest BCUT2D eigenvalue weighted by molar-refractivity contribution is 0.0927. The van der Waals surface area contributed by atoms with Crippen LogP contribution in [-0.4, -0.2) is 21.9 Å². The summed E-state index contributed by atoms with van der Waals surface area (Å²) in [5.41, 5.74) is 6.58. The molecule has 0 spiro atoms. The Labute approximate surface area is 126 Å². The zero-order chi connectivity index (χ0) is 15.0. The summed E-state index contributed by atoms with van der Waals surface area (Å²) in [6, 6.07) is 3.61. The van der Waals surface area contributed by atoms with E-state index in [1.807, 2.05) is 0 Å². The molecule has 0 aliphatic carbocycles. The fourth-order valence-corrected chi connectivity index (χ4v) is 2.14. The Morgan fingerprint density at radius 1 is 1.35 bits per heavy atom. The summed E-state index contributed by atoms with van der Waals surface area (Å²) in [6.45, 7) is 4.28. The van der Waals surface area contributed by atoms with Crippen LogP contribution in [0.3, 0.4) is 0 Å². The third-order valence-electron chi connectivity index (χ3n) is 3.16. The first-order valence-electron chi connectivity index (χ1n) is 7.15. The SMILES string of the molecule is CCCCC(CCC)NC(=O)c1ccc(C(N)=S)cn1. The number of amides is 1. The number of aromatic nitrogens is 1. The molecule has 5 heteroatoms. The molecule has 0 fully saturated rings. The van der Waals surface area contributed by atoms with Crippen molar-refractivity contribution in [1.29, 1.82) is 0 Å². The van der Waals surface area contributed by atoms with Crippen molar-refractivity contribution in [3.63, 3.8) is 0 Å². The molecule has 1 unspecified atom stereocenters. The minimum Gasteiger partial charge on any atom is -0.389 e. The fourth-order valence-electron chi connectivity index (χ4n) is 2.02. The summed E-state index contributed by atoms with van der Waals surface area (Å²) >= 11 is 4.86. The Hall–Kier alpha value is -1.49. The van der Waals surface area contributed by atoms with Crippen molar-refractivity contribution in [2.24, 2.45) is 5.73 Å². The number of hydrogen-bond donors (Lipinski definition) is 2. The van der Waals surface area contributed by atoms with Crippen LogP contribution in [0.4, 0.5) is 0 Å². The van der Waals surface area contributed by atoms with Crippen LogP contribution in [0.1, 0.15) is 62.0 Å². The average molecular weight is 293 g/mol. The van der Waals surface area contributed by atoms with Crippen LogP contribution in [0.15, 0.2) is 18.3 Å². The van der Waals surface area contributed by atoms with Gasteiger partial charge in [-0.1, -0.05) is 45.3 Å². The summed E-state index contributed by atoms with van der Waals surface area (Å²) in [7, 11) is 0. The third-order valence-corrected chi connectivity index (χ3v) is 3.39. The van der Waals surface area contributed by atoms with Crippen LogP contribution in [0.25, 0.3) is 0 Å². The molecule has 1 amide bonds. The fraction of sp³-hybridized carbons (Fsp3) is 0.533. The molecule has 3 N–H and O–H groups in total. The van der Waals surface area contributed by atoms with Crippen LogP contribution < -0.4 is 11.1 Å². The molecule has 1 atom stereocenters. The highest BCUT2D eigenvalue weighted by Gasteiger charge is 2.13. The molecule has 4 nitrogen and oxygen atoms in total. The second kappa shape index (κ2) is 8.64. The van der Waals surface area contributed by atoms with E-state index in [0.717, 1.165) is 32.1 Å². The van der Waals surface area contributed by atoms with Gasteiger partial charge in [0.15, 0.2) is 0 Å². The molecular weight excluding hydrogens is 270 g/mol. The molecule has 20 heavy (non-hydrogen) atoms. The predicted octanol–water partition coefficient (Wildman–Crippen LogP) is 2.80. The first-order chi connectivity index (χ1) is 9.58. The average Bonchev–Trinajstić information content (AvgIpc) is 2.45. The minimum absolute atomic E-state index is 0.131. The molecule has 0 bridgehead atoms. The number of nitrogens with two attached hydrogens (primary N) is 1. The normalized spacial score (nSPS) is 11.9. The quantitative estimate of drug-likeness (QED) is 0.723. The first kappa shape index (κ1) is 16.6. The van der Waals surface area contributed by atoms with E-state index in [2.05, 4.69) is 24.1 Å². The van der Waals surface area contributed by atoms with E-state index in [-0.39, 0.29) is 16.9 Å². The Bertz CT molecular complexity index is 445. The maximum atomic E-state index is 12.1. The Kier molecular flexibility index (Phi) is 7.15. The van der Waals surface area contributed by atoms with E-state index >= 15 is 0 Å². The first-order valence-corrected chi connectivity index (χ1v) is 7.56. The lowest BCUT2D eigenvalue weighted by Crippen LogP contribution is -2.35. The number of carbonyl (C=O) groups is 1. The van der Waals surface area contributed by atoms with Crippen molar-refractivity contribution in [3.8, 4) is 0 Å². The van der Waals surface area contributed by atoms with Gasteiger partial charge in [0.1, 0.15) is 10.7 Å². The third kappa shape index (κ3) is 5.25. The maximum absolute atomic E-state index is 12.1. The van der Waals surface area contributed by atoms with Gasteiger partial charge in [0.2, 0.25) is 0 Å². The van der Waals surface area contributed by atoms with Gasteiger partial charge in [-0.15, -0.1) is 0 Å². The molecule has 0 radical (unpaired) electrons. The molecule has 0 saturated heterocycles. The van der Waals surface area contributed by atoms with Gasteiger partial charge in [0.25, 0.3) is 5.91 Å². The van der Waals surface area contributed by atoms with Gasteiger partial charge >= 0.3 is 0 Å². The van der Waals surface area contributed by atoms with E-state index < -0.39 is 0 Å². The van der Waals surface area contributed by atoms with Crippen molar-refractivity contribution in [2.45, 2.75) is 52.0 Å². The van der Waals surface area contributed by atoms with Crippen LogP contribution in [0, 0.1) is 0 Å². The topological polar surface area (TPSA) is 68.0 Å². The predicted molar refractivity (Wildman–Crippen MR) is 85.8 cm³/mol. The Morgan fingerprint density at radius 3 is 2.60 bits per heavy atom. The summed E-state index contributed by atoms with van der Waals surface area (Å²) in [6.07, 6.45) is 6.87. The number of pyridine rings is 1. The van der Waals surface area contributed by atoms with E-state index in [4.69, 9.17) is 18.0 Å². The van der Waals surface area contributed by atoms with Crippen LogP contribution in [0.5, 0.6) is 0 Å². The van der Waals surface area contributed by atoms with Crippen molar-refractivity contribution >= 4 is 23.1 Å². The second-order valence-corrected chi connectivity index (χ2v) is 5.34. The highest BCUT2D eigenvalue weighted by atomic mass is 32.1. The van der Waals surface area contributed by atoms with Gasteiger partial charge in [-0.3, -0.25) is 9.78 Å². The van der Waals surface area contributed by atoms with Crippen LogP contribution in [-0.2, 0) is 0 Å². The number of rotatable bonds is 8. The molecule has 1 rings (SSSR count). The number of thiocarbonyl (C=S) groups is 1. The van der Waals surface area contributed by atoms with Crippen molar-refractivity contribution in [3.05, 3.63) is 29.6 Å². The van der Waals surface area contributed by atoms with E-state index in [9.17, 15) is 4.79 Å². The highest BCUT2D eigenvalue weighted by Crippen LogP contribution is 2.08. The molecule has 0 aliphatic heterocycles. The smallest absolute Gasteiger partial charge is 0.270 e. The van der Waals surface area contributed by atoms with Crippen LogP contribution >= 0.6 is 12.2 Å². The monoisotopic (exact) mass is 293 g/mol. The summed E-state index contributed by atoms with van der Waals surface area (Å²) in [5, 5.41) is 3.05. The number of hydrogen-bond acceptors (Lipinski definition) is 3. The van der Waals surface area contributed by atoms with Gasteiger partial charge in [0.05, 0.1) is 0 Å². The molecule has 110 valence electrons. The largest absolute Gasteiger partial charge is 0.389 e. The number of nitrogens with zero attached hydrogens (tertiary/aromatic N) is 1. The lowest BCUT2D eigenvalue weighted by Gasteiger charge is -2.17. The summed E-state index contributed by atoms with van der Waals surface area (Å²) in [4.78, 5) is 16.5. The molecule has 1 aromatic heterocycles. The van der Waals surface area contributed by atoms with Gasteiger partial charge in [-0.25, -0.2) is 0 Å². The number of carbonyl (C=O) groups excluding carboxylic acids is 1. The minimum atomic E-state index is -0.131. The van der Waals surface area contributed by atoms with E-state index in [1.54, 1.807) is 12.1 Å². The Morgan fingerprint density at radius 2 is 2.10 bits per heavy atom. The van der Waals surface area contributed by atoms with Gasteiger partial charge in [-0.2, -0.15) is 0 Å². The summed E-state index contributed by atoms with van der Waals surface area (Å²) in [5.74, 6) is -0.131.